The van der Waals surface area contributed by atoms with Crippen molar-refractivity contribution in [3.63, 3.8) is 0 Å². The van der Waals surface area contributed by atoms with Crippen LogP contribution in [0.4, 0.5) is 0 Å². The number of rotatable bonds is 4. The van der Waals surface area contributed by atoms with Crippen LogP contribution in [0.15, 0.2) is 47.1 Å². The fourth-order valence-corrected chi connectivity index (χ4v) is 3.70. The van der Waals surface area contributed by atoms with Gasteiger partial charge in [-0.05, 0) is 36.2 Å². The van der Waals surface area contributed by atoms with Crippen LogP contribution in [0.25, 0.3) is 0 Å². The van der Waals surface area contributed by atoms with Crippen LogP contribution in [0.3, 0.4) is 0 Å². The second-order valence-electron chi connectivity index (χ2n) is 7.18. The molecule has 7 nitrogen and oxygen atoms in total. The summed E-state index contributed by atoms with van der Waals surface area (Å²) in [6, 6.07) is 10.8. The van der Waals surface area contributed by atoms with Gasteiger partial charge in [-0.25, -0.2) is 0 Å². The highest BCUT2D eigenvalue weighted by atomic mass is 16.3. The Labute approximate surface area is 163 Å². The van der Waals surface area contributed by atoms with E-state index >= 15 is 0 Å². The van der Waals surface area contributed by atoms with E-state index in [1.807, 2.05) is 29.2 Å². The molecule has 146 valence electrons. The van der Waals surface area contributed by atoms with E-state index in [1.54, 1.807) is 21.9 Å². The number of hydrogen-bond acceptors (Lipinski definition) is 4. The fraction of sp³-hybridized carbons (Fsp3) is 0.381. The summed E-state index contributed by atoms with van der Waals surface area (Å²) < 4.78 is 5.16. The molecular formula is C21H23N3O4. The van der Waals surface area contributed by atoms with Crippen LogP contribution >= 0.6 is 0 Å². The van der Waals surface area contributed by atoms with Crippen LogP contribution in [0, 0.1) is 0 Å². The Kier molecular flexibility index (Phi) is 5.14. The molecule has 0 spiro atoms. The summed E-state index contributed by atoms with van der Waals surface area (Å²) in [6.07, 6.45) is 3.03. The van der Waals surface area contributed by atoms with Gasteiger partial charge in [-0.15, -0.1) is 0 Å². The van der Waals surface area contributed by atoms with Gasteiger partial charge in [0.05, 0.1) is 6.26 Å². The van der Waals surface area contributed by atoms with Crippen molar-refractivity contribution in [2.75, 3.05) is 32.7 Å². The zero-order chi connectivity index (χ0) is 19.5. The van der Waals surface area contributed by atoms with Gasteiger partial charge in [-0.3, -0.25) is 14.4 Å². The highest BCUT2D eigenvalue weighted by molar-refractivity contribution is 5.95. The molecule has 2 aliphatic heterocycles. The lowest BCUT2D eigenvalue weighted by atomic mass is 10.1. The Hall–Kier alpha value is -3.09. The Bertz CT molecular complexity index is 852. The molecule has 2 fully saturated rings. The topological polar surface area (TPSA) is 74.1 Å². The Morgan fingerprint density at radius 3 is 2.14 bits per heavy atom. The highest BCUT2D eigenvalue weighted by Crippen LogP contribution is 2.16. The standard InChI is InChI=1S/C21H23N3O4/c25-19-4-1-9-24(19)15-16-5-7-17(8-6-16)20(26)22-10-12-23(13-11-22)21(27)18-3-2-14-28-18/h2-3,5-8,14H,1,4,9-13,15H2. The van der Waals surface area contributed by atoms with E-state index in [0.29, 0.717) is 50.5 Å². The molecule has 0 saturated carbocycles. The van der Waals surface area contributed by atoms with Crippen molar-refractivity contribution in [1.82, 2.24) is 14.7 Å². The molecule has 2 saturated heterocycles. The minimum atomic E-state index is -0.141. The van der Waals surface area contributed by atoms with Gasteiger partial charge in [0.1, 0.15) is 0 Å². The first-order valence-corrected chi connectivity index (χ1v) is 9.60. The largest absolute Gasteiger partial charge is 0.459 e. The number of nitrogens with zero attached hydrogens (tertiary/aromatic N) is 3. The third kappa shape index (κ3) is 3.78. The summed E-state index contributed by atoms with van der Waals surface area (Å²) in [5, 5.41) is 0. The number of benzene rings is 1. The van der Waals surface area contributed by atoms with Crippen molar-refractivity contribution < 1.29 is 18.8 Å². The first kappa shape index (κ1) is 18.3. The highest BCUT2D eigenvalue weighted by Gasteiger charge is 2.26. The summed E-state index contributed by atoms with van der Waals surface area (Å²) >= 11 is 0. The van der Waals surface area contributed by atoms with E-state index in [4.69, 9.17) is 4.42 Å². The quantitative estimate of drug-likeness (QED) is 0.812. The molecule has 1 aromatic heterocycles. The van der Waals surface area contributed by atoms with Gasteiger partial charge in [0.2, 0.25) is 5.91 Å². The number of carbonyl (C=O) groups excluding carboxylic acids is 3. The number of hydrogen-bond donors (Lipinski definition) is 0. The van der Waals surface area contributed by atoms with Crippen LogP contribution in [0.1, 0.15) is 39.3 Å². The molecule has 1 aromatic carbocycles. The van der Waals surface area contributed by atoms with Gasteiger partial charge in [0.25, 0.3) is 11.8 Å². The zero-order valence-electron chi connectivity index (χ0n) is 15.7. The maximum atomic E-state index is 12.8. The lowest BCUT2D eigenvalue weighted by molar-refractivity contribution is -0.128. The van der Waals surface area contributed by atoms with Crippen LogP contribution in [0.2, 0.25) is 0 Å². The van der Waals surface area contributed by atoms with Crippen molar-refractivity contribution in [3.8, 4) is 0 Å². The predicted octanol–water partition coefficient (Wildman–Crippen LogP) is 2.00. The van der Waals surface area contributed by atoms with E-state index in [1.165, 1.54) is 6.26 Å². The van der Waals surface area contributed by atoms with E-state index < -0.39 is 0 Å². The van der Waals surface area contributed by atoms with Gasteiger partial charge in [-0.2, -0.15) is 0 Å². The van der Waals surface area contributed by atoms with E-state index in [2.05, 4.69) is 0 Å². The minimum Gasteiger partial charge on any atom is -0.459 e. The van der Waals surface area contributed by atoms with Gasteiger partial charge in [-0.1, -0.05) is 12.1 Å². The molecule has 0 unspecified atom stereocenters. The number of amides is 3. The molecule has 0 aliphatic carbocycles. The van der Waals surface area contributed by atoms with Crippen molar-refractivity contribution >= 4 is 17.7 Å². The van der Waals surface area contributed by atoms with Gasteiger partial charge in [0.15, 0.2) is 5.76 Å². The summed E-state index contributed by atoms with van der Waals surface area (Å²) in [7, 11) is 0. The molecule has 0 bridgehead atoms. The Balaban J connectivity index is 1.32. The second kappa shape index (κ2) is 7.88. The third-order valence-corrected chi connectivity index (χ3v) is 5.33. The smallest absolute Gasteiger partial charge is 0.289 e. The fourth-order valence-electron chi connectivity index (χ4n) is 3.70. The van der Waals surface area contributed by atoms with E-state index in [9.17, 15) is 14.4 Å². The zero-order valence-corrected chi connectivity index (χ0v) is 15.7. The van der Waals surface area contributed by atoms with E-state index in [0.717, 1.165) is 18.5 Å². The molecular weight excluding hydrogens is 358 g/mol. The van der Waals surface area contributed by atoms with Gasteiger partial charge < -0.3 is 19.1 Å². The van der Waals surface area contributed by atoms with Crippen molar-refractivity contribution in [3.05, 3.63) is 59.5 Å². The van der Waals surface area contributed by atoms with Crippen molar-refractivity contribution in [1.29, 1.82) is 0 Å². The Morgan fingerprint density at radius 2 is 1.57 bits per heavy atom. The summed E-state index contributed by atoms with van der Waals surface area (Å²) in [5.41, 5.74) is 1.66. The Morgan fingerprint density at radius 1 is 0.893 bits per heavy atom. The lowest BCUT2D eigenvalue weighted by Crippen LogP contribution is -2.50. The van der Waals surface area contributed by atoms with Crippen molar-refractivity contribution in [2.24, 2.45) is 0 Å². The maximum absolute atomic E-state index is 12.8. The third-order valence-electron chi connectivity index (χ3n) is 5.33. The molecule has 2 aromatic rings. The number of piperazine rings is 1. The molecule has 28 heavy (non-hydrogen) atoms. The first-order valence-electron chi connectivity index (χ1n) is 9.60. The number of furan rings is 1. The number of carbonyl (C=O) groups is 3. The van der Waals surface area contributed by atoms with Crippen LogP contribution in [-0.4, -0.2) is 65.1 Å². The van der Waals surface area contributed by atoms with Gasteiger partial charge in [0, 0.05) is 51.3 Å². The molecule has 0 atom stereocenters. The van der Waals surface area contributed by atoms with Crippen LogP contribution in [-0.2, 0) is 11.3 Å². The molecule has 3 amide bonds. The predicted molar refractivity (Wildman–Crippen MR) is 102 cm³/mol. The first-order chi connectivity index (χ1) is 13.6. The SMILES string of the molecule is O=C1CCCN1Cc1ccc(C(=O)N2CCN(C(=O)c3ccco3)CC2)cc1. The second-order valence-corrected chi connectivity index (χ2v) is 7.18. The molecule has 3 heterocycles. The van der Waals surface area contributed by atoms with Gasteiger partial charge >= 0.3 is 0 Å². The molecule has 4 rings (SSSR count). The minimum absolute atomic E-state index is 0.0334. The average molecular weight is 381 g/mol. The summed E-state index contributed by atoms with van der Waals surface area (Å²) in [5.74, 6) is 0.348. The monoisotopic (exact) mass is 381 g/mol. The maximum Gasteiger partial charge on any atom is 0.289 e. The summed E-state index contributed by atoms with van der Waals surface area (Å²) in [6.45, 7) is 3.37. The van der Waals surface area contributed by atoms with E-state index in [-0.39, 0.29) is 17.7 Å². The van der Waals surface area contributed by atoms with Crippen LogP contribution < -0.4 is 0 Å². The molecule has 0 radical (unpaired) electrons. The number of likely N-dealkylation sites (tertiary alicyclic amines) is 1. The molecule has 7 heteroatoms. The summed E-state index contributed by atoms with van der Waals surface area (Å²) in [4.78, 5) is 42.1. The lowest BCUT2D eigenvalue weighted by Gasteiger charge is -2.34. The molecule has 0 N–H and O–H groups in total. The average Bonchev–Trinajstić information content (AvgIpc) is 3.40. The molecule has 2 aliphatic rings. The van der Waals surface area contributed by atoms with Crippen LogP contribution in [0.5, 0.6) is 0 Å². The van der Waals surface area contributed by atoms with Crippen molar-refractivity contribution in [2.45, 2.75) is 19.4 Å². The normalized spacial score (nSPS) is 17.3.